The molecular formula is C20H33NO2. The molecule has 0 aliphatic carbocycles. The van der Waals surface area contributed by atoms with E-state index in [4.69, 9.17) is 0 Å². The first kappa shape index (κ1) is 18.3. The predicted octanol–water partition coefficient (Wildman–Crippen LogP) is 3.94. The number of rotatable bonds is 2. The zero-order chi connectivity index (χ0) is 17.4. The fraction of sp³-hybridized carbons (Fsp3) is 0.700. The number of aliphatic hydroxyl groups is 1. The first-order chi connectivity index (χ1) is 10.5. The molecule has 0 bridgehead atoms. The van der Waals surface area contributed by atoms with Crippen LogP contribution >= 0.6 is 0 Å². The number of phenolic OH excluding ortho intramolecular Hbond substituents is 1. The first-order valence-electron chi connectivity index (χ1n) is 8.76. The van der Waals surface area contributed by atoms with Gasteiger partial charge in [0.15, 0.2) is 0 Å². The number of hydrogen-bond acceptors (Lipinski definition) is 3. The molecule has 0 spiro atoms. The van der Waals surface area contributed by atoms with E-state index in [9.17, 15) is 10.2 Å². The lowest BCUT2D eigenvalue weighted by Crippen LogP contribution is -2.37. The van der Waals surface area contributed by atoms with Gasteiger partial charge in [0.2, 0.25) is 0 Å². The summed E-state index contributed by atoms with van der Waals surface area (Å²) in [4.78, 5) is 2.32. The van der Waals surface area contributed by atoms with E-state index in [0.717, 1.165) is 43.6 Å². The Morgan fingerprint density at radius 1 is 1.04 bits per heavy atom. The van der Waals surface area contributed by atoms with Crippen LogP contribution in [-0.2, 0) is 17.4 Å². The predicted molar refractivity (Wildman–Crippen MR) is 96.0 cm³/mol. The smallest absolute Gasteiger partial charge is 0.123 e. The molecule has 1 aliphatic heterocycles. The molecule has 2 rings (SSSR count). The molecule has 2 N–H and O–H groups in total. The van der Waals surface area contributed by atoms with Crippen molar-refractivity contribution >= 4 is 0 Å². The standard InChI is InChI=1S/C20H33NO2/c1-19(2,3)16-10-14(11-17(18(16)23)20(4,5)6)12-21-9-7-8-15(22)13-21/h10-11,15,22-23H,7-9,12-13H2,1-6H3/t15-/m0/s1. The number of hydrogen-bond donors (Lipinski definition) is 2. The average Bonchev–Trinajstić information content (AvgIpc) is 2.38. The third kappa shape index (κ3) is 4.48. The lowest BCUT2D eigenvalue weighted by molar-refractivity contribution is 0.0668. The highest BCUT2D eigenvalue weighted by Gasteiger charge is 2.27. The summed E-state index contributed by atoms with van der Waals surface area (Å²) in [6.07, 6.45) is 1.76. The molecule has 0 amide bonds. The topological polar surface area (TPSA) is 43.7 Å². The summed E-state index contributed by atoms with van der Waals surface area (Å²) in [6, 6.07) is 4.29. The second-order valence-corrected chi connectivity index (χ2v) is 9.07. The number of phenols is 1. The zero-order valence-electron chi connectivity index (χ0n) is 15.6. The van der Waals surface area contributed by atoms with Gasteiger partial charge in [-0.2, -0.15) is 0 Å². The van der Waals surface area contributed by atoms with Crippen molar-refractivity contribution in [3.8, 4) is 5.75 Å². The number of nitrogens with zero attached hydrogens (tertiary/aromatic N) is 1. The van der Waals surface area contributed by atoms with E-state index in [1.807, 2.05) is 0 Å². The normalized spacial score (nSPS) is 20.7. The van der Waals surface area contributed by atoms with Crippen molar-refractivity contribution in [2.24, 2.45) is 0 Å². The molecule has 23 heavy (non-hydrogen) atoms. The minimum Gasteiger partial charge on any atom is -0.507 e. The molecule has 1 aliphatic rings. The van der Waals surface area contributed by atoms with Crippen LogP contribution in [0.15, 0.2) is 12.1 Å². The molecule has 0 saturated carbocycles. The van der Waals surface area contributed by atoms with E-state index in [-0.39, 0.29) is 16.9 Å². The molecule has 3 heteroatoms. The summed E-state index contributed by atoms with van der Waals surface area (Å²) in [5.41, 5.74) is 3.06. The second-order valence-electron chi connectivity index (χ2n) is 9.07. The minimum atomic E-state index is -0.204. The molecular weight excluding hydrogens is 286 g/mol. The highest BCUT2D eigenvalue weighted by molar-refractivity contribution is 5.49. The van der Waals surface area contributed by atoms with Crippen LogP contribution in [0.1, 0.15) is 71.1 Å². The molecule has 3 nitrogen and oxygen atoms in total. The molecule has 1 aromatic rings. The third-order valence-corrected chi connectivity index (χ3v) is 4.67. The summed E-state index contributed by atoms with van der Waals surface area (Å²) in [6.45, 7) is 15.5. The van der Waals surface area contributed by atoms with Gasteiger partial charge in [-0.25, -0.2) is 0 Å². The lowest BCUT2D eigenvalue weighted by atomic mass is 9.78. The summed E-state index contributed by atoms with van der Waals surface area (Å²) in [7, 11) is 0. The molecule has 0 unspecified atom stereocenters. The summed E-state index contributed by atoms with van der Waals surface area (Å²) in [5.74, 6) is 0.437. The fourth-order valence-corrected chi connectivity index (χ4v) is 3.36. The van der Waals surface area contributed by atoms with Crippen LogP contribution in [0.3, 0.4) is 0 Å². The first-order valence-corrected chi connectivity index (χ1v) is 8.76. The highest BCUT2D eigenvalue weighted by atomic mass is 16.3. The molecule has 0 aromatic heterocycles. The minimum absolute atomic E-state index is 0.0957. The van der Waals surface area contributed by atoms with Gasteiger partial charge >= 0.3 is 0 Å². The zero-order valence-corrected chi connectivity index (χ0v) is 15.6. The number of aromatic hydroxyl groups is 1. The van der Waals surface area contributed by atoms with Crippen LogP contribution in [0, 0.1) is 0 Å². The third-order valence-electron chi connectivity index (χ3n) is 4.67. The van der Waals surface area contributed by atoms with Crippen LogP contribution in [-0.4, -0.2) is 34.3 Å². The Bertz CT molecular complexity index is 517. The monoisotopic (exact) mass is 319 g/mol. The quantitative estimate of drug-likeness (QED) is 0.867. The second kappa shape index (κ2) is 6.45. The largest absolute Gasteiger partial charge is 0.507 e. The average molecular weight is 319 g/mol. The summed E-state index contributed by atoms with van der Waals surface area (Å²) in [5, 5.41) is 20.7. The molecule has 0 radical (unpaired) electrons. The van der Waals surface area contributed by atoms with E-state index in [1.54, 1.807) is 0 Å². The van der Waals surface area contributed by atoms with Crippen molar-refractivity contribution < 1.29 is 10.2 Å². The Morgan fingerprint density at radius 3 is 2.00 bits per heavy atom. The van der Waals surface area contributed by atoms with E-state index < -0.39 is 0 Å². The molecule has 1 heterocycles. The van der Waals surface area contributed by atoms with Gasteiger partial charge in [-0.15, -0.1) is 0 Å². The van der Waals surface area contributed by atoms with Crippen LogP contribution in [0.5, 0.6) is 5.75 Å². The Balaban J connectivity index is 2.39. The van der Waals surface area contributed by atoms with Crippen LogP contribution in [0.2, 0.25) is 0 Å². The fourth-order valence-electron chi connectivity index (χ4n) is 3.36. The Kier molecular flexibility index (Phi) is 5.12. The van der Waals surface area contributed by atoms with Gasteiger partial charge in [0, 0.05) is 13.1 Å². The van der Waals surface area contributed by atoms with Crippen molar-refractivity contribution in [3.63, 3.8) is 0 Å². The van der Waals surface area contributed by atoms with Gasteiger partial charge in [0.25, 0.3) is 0 Å². The van der Waals surface area contributed by atoms with Gasteiger partial charge in [0.05, 0.1) is 6.10 Å². The van der Waals surface area contributed by atoms with Crippen molar-refractivity contribution in [3.05, 3.63) is 28.8 Å². The van der Waals surface area contributed by atoms with Crippen LogP contribution in [0.25, 0.3) is 0 Å². The highest BCUT2D eigenvalue weighted by Crippen LogP contribution is 2.40. The van der Waals surface area contributed by atoms with Crippen molar-refractivity contribution in [2.45, 2.75) is 77.9 Å². The SMILES string of the molecule is CC(C)(C)c1cc(CN2CCC[C@H](O)C2)cc(C(C)(C)C)c1O. The Morgan fingerprint density at radius 2 is 1.57 bits per heavy atom. The Hall–Kier alpha value is -1.06. The van der Waals surface area contributed by atoms with E-state index >= 15 is 0 Å². The summed E-state index contributed by atoms with van der Waals surface area (Å²) >= 11 is 0. The van der Waals surface area contributed by atoms with Crippen molar-refractivity contribution in [1.82, 2.24) is 4.90 Å². The van der Waals surface area contributed by atoms with E-state index in [2.05, 4.69) is 58.6 Å². The Labute approximate surface area is 141 Å². The van der Waals surface area contributed by atoms with E-state index in [1.165, 1.54) is 5.56 Å². The van der Waals surface area contributed by atoms with Crippen LogP contribution < -0.4 is 0 Å². The number of β-amino-alcohol motifs (C(OH)–C–C–N with tert-alkyl or cyclic N) is 1. The maximum atomic E-state index is 10.8. The van der Waals surface area contributed by atoms with Gasteiger partial charge < -0.3 is 10.2 Å². The lowest BCUT2D eigenvalue weighted by Gasteiger charge is -2.32. The number of piperidine rings is 1. The molecule has 130 valence electrons. The summed E-state index contributed by atoms with van der Waals surface area (Å²) < 4.78 is 0. The van der Waals surface area contributed by atoms with Crippen molar-refractivity contribution in [2.75, 3.05) is 13.1 Å². The number of aliphatic hydroxyl groups excluding tert-OH is 1. The van der Waals surface area contributed by atoms with Crippen LogP contribution in [0.4, 0.5) is 0 Å². The molecule has 1 aromatic carbocycles. The van der Waals surface area contributed by atoms with Gasteiger partial charge in [0.1, 0.15) is 5.75 Å². The van der Waals surface area contributed by atoms with Gasteiger partial charge in [-0.3, -0.25) is 4.90 Å². The molecule has 1 atom stereocenters. The van der Waals surface area contributed by atoms with Crippen molar-refractivity contribution in [1.29, 1.82) is 0 Å². The maximum absolute atomic E-state index is 10.8. The van der Waals surface area contributed by atoms with E-state index in [0.29, 0.717) is 5.75 Å². The maximum Gasteiger partial charge on any atom is 0.123 e. The number of benzene rings is 1. The molecule has 1 fully saturated rings. The van der Waals surface area contributed by atoms with Gasteiger partial charge in [-0.05, 0) is 46.9 Å². The number of likely N-dealkylation sites (tertiary alicyclic amines) is 1. The van der Waals surface area contributed by atoms with Gasteiger partial charge in [-0.1, -0.05) is 53.7 Å². The molecule has 1 saturated heterocycles.